The Hall–Kier alpha value is -1.62. The van der Waals surface area contributed by atoms with Crippen molar-refractivity contribution in [2.75, 3.05) is 5.32 Å². The quantitative estimate of drug-likeness (QED) is 0.805. The number of aromatic nitrogens is 4. The Morgan fingerprint density at radius 1 is 1.44 bits per heavy atom. The highest BCUT2D eigenvalue weighted by Crippen LogP contribution is 2.19. The van der Waals surface area contributed by atoms with Gasteiger partial charge in [-0.25, -0.2) is 9.97 Å². The van der Waals surface area contributed by atoms with Crippen LogP contribution in [-0.2, 0) is 0 Å². The summed E-state index contributed by atoms with van der Waals surface area (Å²) < 4.78 is 0. The highest BCUT2D eigenvalue weighted by molar-refractivity contribution is 6.28. The summed E-state index contributed by atoms with van der Waals surface area (Å²) in [7, 11) is 0. The van der Waals surface area contributed by atoms with E-state index < -0.39 is 0 Å². The fourth-order valence-corrected chi connectivity index (χ4v) is 1.49. The van der Waals surface area contributed by atoms with Crippen molar-refractivity contribution in [2.45, 2.75) is 19.9 Å². The van der Waals surface area contributed by atoms with E-state index in [0.29, 0.717) is 0 Å². The number of nitrogens with zero attached hydrogens (tertiary/aromatic N) is 3. The van der Waals surface area contributed by atoms with Crippen LogP contribution >= 0.6 is 11.6 Å². The first-order chi connectivity index (χ1) is 7.66. The van der Waals surface area contributed by atoms with E-state index >= 15 is 0 Å². The molecule has 2 heterocycles. The fourth-order valence-electron chi connectivity index (χ4n) is 1.35. The maximum atomic E-state index is 5.74. The molecular weight excluding hydrogens is 226 g/mol. The van der Waals surface area contributed by atoms with E-state index in [1.54, 1.807) is 12.4 Å². The molecule has 5 nitrogen and oxygen atoms in total. The Bertz CT molecular complexity index is 468. The third-order valence-corrected chi connectivity index (χ3v) is 2.50. The summed E-state index contributed by atoms with van der Waals surface area (Å²) >= 11 is 5.74. The standard InChI is InChI=1S/C10H12ClN5/c1-6-3-12-10(11)16-9(6)15-7(2)8-4-13-14-5-8/h3-5,7H,1-2H3,(H,13,14)(H,12,15,16). The number of aryl methyl sites for hydroxylation is 1. The van der Waals surface area contributed by atoms with E-state index in [1.807, 2.05) is 20.0 Å². The van der Waals surface area contributed by atoms with Crippen LogP contribution < -0.4 is 5.32 Å². The van der Waals surface area contributed by atoms with Gasteiger partial charge in [0, 0.05) is 23.5 Å². The van der Waals surface area contributed by atoms with Gasteiger partial charge in [-0.15, -0.1) is 0 Å². The molecule has 0 aromatic carbocycles. The van der Waals surface area contributed by atoms with Gasteiger partial charge in [0.25, 0.3) is 0 Å². The molecule has 0 spiro atoms. The third-order valence-electron chi connectivity index (χ3n) is 2.31. The topological polar surface area (TPSA) is 66.5 Å². The van der Waals surface area contributed by atoms with Crippen LogP contribution in [0.25, 0.3) is 0 Å². The van der Waals surface area contributed by atoms with Gasteiger partial charge >= 0.3 is 0 Å². The smallest absolute Gasteiger partial charge is 0.224 e. The van der Waals surface area contributed by atoms with Crippen LogP contribution in [0.4, 0.5) is 5.82 Å². The molecule has 0 bridgehead atoms. The molecular formula is C10H12ClN5. The molecule has 84 valence electrons. The van der Waals surface area contributed by atoms with Crippen molar-refractivity contribution in [1.82, 2.24) is 20.2 Å². The van der Waals surface area contributed by atoms with E-state index in [1.165, 1.54) is 0 Å². The second-order valence-electron chi connectivity index (χ2n) is 3.57. The minimum Gasteiger partial charge on any atom is -0.363 e. The lowest BCUT2D eigenvalue weighted by Crippen LogP contribution is -2.09. The van der Waals surface area contributed by atoms with Gasteiger partial charge < -0.3 is 5.32 Å². The average molecular weight is 238 g/mol. The number of H-pyrrole nitrogens is 1. The van der Waals surface area contributed by atoms with Gasteiger partial charge in [0.05, 0.1) is 12.2 Å². The van der Waals surface area contributed by atoms with Crippen LogP contribution in [0.5, 0.6) is 0 Å². The molecule has 6 heteroatoms. The van der Waals surface area contributed by atoms with Gasteiger partial charge in [-0.3, -0.25) is 5.10 Å². The van der Waals surface area contributed by atoms with Crippen molar-refractivity contribution >= 4 is 17.4 Å². The zero-order valence-corrected chi connectivity index (χ0v) is 9.78. The van der Waals surface area contributed by atoms with Crippen LogP contribution in [0.3, 0.4) is 0 Å². The van der Waals surface area contributed by atoms with E-state index in [9.17, 15) is 0 Å². The second-order valence-corrected chi connectivity index (χ2v) is 3.91. The average Bonchev–Trinajstić information content (AvgIpc) is 2.76. The highest BCUT2D eigenvalue weighted by Gasteiger charge is 2.09. The zero-order valence-electron chi connectivity index (χ0n) is 9.03. The number of rotatable bonds is 3. The normalized spacial score (nSPS) is 12.4. The third kappa shape index (κ3) is 2.30. The van der Waals surface area contributed by atoms with Crippen LogP contribution in [0.15, 0.2) is 18.6 Å². The molecule has 0 aliphatic heterocycles. The van der Waals surface area contributed by atoms with Crippen LogP contribution in [0.2, 0.25) is 5.28 Å². The molecule has 0 aliphatic carbocycles. The Morgan fingerprint density at radius 2 is 2.25 bits per heavy atom. The molecule has 2 rings (SSSR count). The number of aromatic amines is 1. The molecule has 0 radical (unpaired) electrons. The molecule has 1 atom stereocenters. The Labute approximate surface area is 98.3 Å². The van der Waals surface area contributed by atoms with E-state index in [-0.39, 0.29) is 11.3 Å². The molecule has 0 saturated carbocycles. The van der Waals surface area contributed by atoms with Gasteiger partial charge in [-0.05, 0) is 25.4 Å². The van der Waals surface area contributed by atoms with Gasteiger partial charge in [-0.1, -0.05) is 0 Å². The number of anilines is 1. The van der Waals surface area contributed by atoms with E-state index in [2.05, 4.69) is 25.5 Å². The SMILES string of the molecule is Cc1cnc(Cl)nc1NC(C)c1cn[nH]c1. The van der Waals surface area contributed by atoms with Crippen molar-refractivity contribution < 1.29 is 0 Å². The molecule has 1 unspecified atom stereocenters. The summed E-state index contributed by atoms with van der Waals surface area (Å²) in [6, 6.07) is 0.114. The van der Waals surface area contributed by atoms with E-state index in [4.69, 9.17) is 11.6 Å². The molecule has 0 amide bonds. The van der Waals surface area contributed by atoms with Gasteiger partial charge in [0.1, 0.15) is 5.82 Å². The molecule has 0 fully saturated rings. The van der Waals surface area contributed by atoms with E-state index in [0.717, 1.165) is 16.9 Å². The lowest BCUT2D eigenvalue weighted by molar-refractivity contribution is 0.869. The lowest BCUT2D eigenvalue weighted by atomic mass is 10.2. The van der Waals surface area contributed by atoms with Crippen LogP contribution in [0, 0.1) is 6.92 Å². The van der Waals surface area contributed by atoms with Crippen molar-refractivity contribution in [1.29, 1.82) is 0 Å². The maximum absolute atomic E-state index is 5.74. The fraction of sp³-hybridized carbons (Fsp3) is 0.300. The number of nitrogens with one attached hydrogen (secondary N) is 2. The molecule has 16 heavy (non-hydrogen) atoms. The van der Waals surface area contributed by atoms with Gasteiger partial charge in [0.2, 0.25) is 5.28 Å². The van der Waals surface area contributed by atoms with Crippen LogP contribution in [0.1, 0.15) is 24.1 Å². The minimum atomic E-state index is 0.114. The zero-order chi connectivity index (χ0) is 11.5. The maximum Gasteiger partial charge on any atom is 0.224 e. The summed E-state index contributed by atoms with van der Waals surface area (Å²) in [6.07, 6.45) is 5.31. The predicted octanol–water partition coefficient (Wildman–Crippen LogP) is 2.33. The number of hydrogen-bond acceptors (Lipinski definition) is 4. The summed E-state index contributed by atoms with van der Waals surface area (Å²) in [5.74, 6) is 0.744. The molecule has 2 aromatic rings. The number of hydrogen-bond donors (Lipinski definition) is 2. The first-order valence-electron chi connectivity index (χ1n) is 4.91. The number of halogens is 1. The Kier molecular flexibility index (Phi) is 3.05. The molecule has 0 aliphatic rings. The van der Waals surface area contributed by atoms with Gasteiger partial charge in [-0.2, -0.15) is 5.10 Å². The molecule has 2 N–H and O–H groups in total. The summed E-state index contributed by atoms with van der Waals surface area (Å²) in [5.41, 5.74) is 2.02. The van der Waals surface area contributed by atoms with Gasteiger partial charge in [0.15, 0.2) is 0 Å². The minimum absolute atomic E-state index is 0.114. The summed E-state index contributed by atoms with van der Waals surface area (Å²) in [6.45, 7) is 3.96. The first-order valence-corrected chi connectivity index (χ1v) is 5.29. The first kappa shape index (κ1) is 10.9. The van der Waals surface area contributed by atoms with Crippen molar-refractivity contribution in [2.24, 2.45) is 0 Å². The van der Waals surface area contributed by atoms with Crippen molar-refractivity contribution in [3.05, 3.63) is 35.0 Å². The van der Waals surface area contributed by atoms with Crippen molar-refractivity contribution in [3.8, 4) is 0 Å². The summed E-state index contributed by atoms with van der Waals surface area (Å²) in [4.78, 5) is 8.04. The largest absolute Gasteiger partial charge is 0.363 e. The molecule has 0 saturated heterocycles. The second kappa shape index (κ2) is 4.49. The predicted molar refractivity (Wildman–Crippen MR) is 62.4 cm³/mol. The van der Waals surface area contributed by atoms with Crippen molar-refractivity contribution in [3.63, 3.8) is 0 Å². The lowest BCUT2D eigenvalue weighted by Gasteiger charge is -2.14. The molecule has 2 aromatic heterocycles. The highest BCUT2D eigenvalue weighted by atomic mass is 35.5. The Morgan fingerprint density at radius 3 is 2.94 bits per heavy atom. The Balaban J connectivity index is 2.17. The monoisotopic (exact) mass is 237 g/mol. The van der Waals surface area contributed by atoms with Crippen LogP contribution in [-0.4, -0.2) is 20.2 Å². The summed E-state index contributed by atoms with van der Waals surface area (Å²) in [5, 5.41) is 10.2.